The molecule has 2 saturated heterocycles. The molecule has 6 rings (SSSR count). The number of amides is 2. The summed E-state index contributed by atoms with van der Waals surface area (Å²) in [7, 11) is 0. The topological polar surface area (TPSA) is 88.7 Å². The normalized spacial score (nSPS) is 15.0. The molecule has 0 unspecified atom stereocenters. The summed E-state index contributed by atoms with van der Waals surface area (Å²) in [5, 5.41) is 12.7. The minimum absolute atomic E-state index is 0.142. The number of carbonyl (C=O) groups excluding carboxylic acids is 2. The molecular formula is C36H38N6O2. The van der Waals surface area contributed by atoms with Crippen molar-refractivity contribution >= 4 is 40.1 Å². The SMILES string of the molecule is C=C(c1ccc(NC(=O)c2ccc(N3CCNCC3)cc2)cc1)c1ccc(NC(=O)c2ccc(N3CCNCC3)cc2)cc1. The maximum absolute atomic E-state index is 12.8. The molecule has 0 atom stereocenters. The third-order valence-corrected chi connectivity index (χ3v) is 8.21. The maximum Gasteiger partial charge on any atom is 0.255 e. The first-order chi connectivity index (χ1) is 21.5. The van der Waals surface area contributed by atoms with Gasteiger partial charge in [0.15, 0.2) is 0 Å². The molecule has 8 nitrogen and oxygen atoms in total. The highest BCUT2D eigenvalue weighted by Gasteiger charge is 2.14. The number of hydrogen-bond donors (Lipinski definition) is 4. The van der Waals surface area contributed by atoms with Crippen LogP contribution in [0, 0.1) is 0 Å². The van der Waals surface area contributed by atoms with E-state index in [1.165, 1.54) is 0 Å². The number of hydrogen-bond acceptors (Lipinski definition) is 6. The van der Waals surface area contributed by atoms with Crippen molar-refractivity contribution in [2.24, 2.45) is 0 Å². The number of piperazine rings is 2. The van der Waals surface area contributed by atoms with E-state index in [0.717, 1.165) is 91.8 Å². The Kier molecular flexibility index (Phi) is 9.01. The molecular weight excluding hydrogens is 548 g/mol. The minimum Gasteiger partial charge on any atom is -0.369 e. The molecule has 0 aliphatic carbocycles. The van der Waals surface area contributed by atoms with Crippen LogP contribution >= 0.6 is 0 Å². The van der Waals surface area contributed by atoms with Crippen molar-refractivity contribution < 1.29 is 9.59 Å². The fourth-order valence-corrected chi connectivity index (χ4v) is 5.58. The molecule has 2 fully saturated rings. The van der Waals surface area contributed by atoms with Gasteiger partial charge in [-0.15, -0.1) is 0 Å². The fraction of sp³-hybridized carbons (Fsp3) is 0.222. The lowest BCUT2D eigenvalue weighted by Crippen LogP contribution is -2.43. The van der Waals surface area contributed by atoms with Gasteiger partial charge in [-0.3, -0.25) is 9.59 Å². The molecule has 2 aliphatic heterocycles. The van der Waals surface area contributed by atoms with E-state index in [-0.39, 0.29) is 11.8 Å². The molecule has 44 heavy (non-hydrogen) atoms. The zero-order valence-corrected chi connectivity index (χ0v) is 24.8. The Balaban J connectivity index is 1.02. The van der Waals surface area contributed by atoms with Gasteiger partial charge in [0.05, 0.1) is 0 Å². The van der Waals surface area contributed by atoms with E-state index < -0.39 is 0 Å². The largest absolute Gasteiger partial charge is 0.369 e. The number of nitrogens with zero attached hydrogens (tertiary/aromatic N) is 2. The van der Waals surface area contributed by atoms with Crippen LogP contribution < -0.4 is 31.1 Å². The Bertz CT molecular complexity index is 1470. The molecule has 0 radical (unpaired) electrons. The maximum atomic E-state index is 12.8. The molecule has 4 aromatic rings. The lowest BCUT2D eigenvalue weighted by atomic mass is 9.99. The number of rotatable bonds is 8. The van der Waals surface area contributed by atoms with Gasteiger partial charge in [-0.25, -0.2) is 0 Å². The zero-order valence-electron chi connectivity index (χ0n) is 24.8. The van der Waals surface area contributed by atoms with Crippen molar-refractivity contribution in [2.75, 3.05) is 72.8 Å². The Morgan fingerprint density at radius 1 is 0.500 bits per heavy atom. The summed E-state index contributed by atoms with van der Waals surface area (Å²) >= 11 is 0. The minimum atomic E-state index is -0.142. The van der Waals surface area contributed by atoms with Crippen LogP contribution in [0.25, 0.3) is 5.57 Å². The van der Waals surface area contributed by atoms with E-state index in [0.29, 0.717) is 11.1 Å². The molecule has 4 aromatic carbocycles. The molecule has 224 valence electrons. The molecule has 0 aromatic heterocycles. The lowest BCUT2D eigenvalue weighted by Gasteiger charge is -2.29. The van der Waals surface area contributed by atoms with E-state index in [9.17, 15) is 9.59 Å². The smallest absolute Gasteiger partial charge is 0.255 e. The van der Waals surface area contributed by atoms with Gasteiger partial charge < -0.3 is 31.1 Å². The highest BCUT2D eigenvalue weighted by molar-refractivity contribution is 6.05. The van der Waals surface area contributed by atoms with Crippen LogP contribution in [0.3, 0.4) is 0 Å². The number of benzene rings is 4. The quantitative estimate of drug-likeness (QED) is 0.231. The Labute approximate surface area is 258 Å². The first-order valence-corrected chi connectivity index (χ1v) is 15.2. The second kappa shape index (κ2) is 13.6. The Morgan fingerprint density at radius 3 is 1.16 bits per heavy atom. The molecule has 2 heterocycles. The van der Waals surface area contributed by atoms with Crippen LogP contribution in [0.2, 0.25) is 0 Å². The van der Waals surface area contributed by atoms with Crippen LogP contribution in [0.5, 0.6) is 0 Å². The average Bonchev–Trinajstić information content (AvgIpc) is 3.09. The van der Waals surface area contributed by atoms with Gasteiger partial charge in [-0.1, -0.05) is 30.8 Å². The number of carbonyl (C=O) groups is 2. The predicted octanol–water partition coefficient (Wildman–Crippen LogP) is 5.07. The zero-order chi connectivity index (χ0) is 30.3. The molecule has 0 bridgehead atoms. The van der Waals surface area contributed by atoms with Gasteiger partial charge in [0.2, 0.25) is 0 Å². The average molecular weight is 587 g/mol. The lowest BCUT2D eigenvalue weighted by molar-refractivity contribution is 0.101. The second-order valence-corrected chi connectivity index (χ2v) is 11.1. The van der Waals surface area contributed by atoms with Gasteiger partial charge in [-0.2, -0.15) is 0 Å². The predicted molar refractivity (Wildman–Crippen MR) is 180 cm³/mol. The monoisotopic (exact) mass is 586 g/mol. The van der Waals surface area contributed by atoms with Crippen molar-refractivity contribution in [3.8, 4) is 0 Å². The summed E-state index contributed by atoms with van der Waals surface area (Å²) < 4.78 is 0. The molecule has 4 N–H and O–H groups in total. The van der Waals surface area contributed by atoms with Crippen molar-refractivity contribution in [3.05, 3.63) is 126 Å². The first-order valence-electron chi connectivity index (χ1n) is 15.2. The number of anilines is 4. The summed E-state index contributed by atoms with van der Waals surface area (Å²) in [5.74, 6) is -0.284. The Morgan fingerprint density at radius 2 is 0.818 bits per heavy atom. The fourth-order valence-electron chi connectivity index (χ4n) is 5.58. The summed E-state index contributed by atoms with van der Waals surface area (Å²) in [6.07, 6.45) is 0. The van der Waals surface area contributed by atoms with E-state index >= 15 is 0 Å². The van der Waals surface area contributed by atoms with Crippen LogP contribution in [-0.2, 0) is 0 Å². The highest BCUT2D eigenvalue weighted by atomic mass is 16.2. The van der Waals surface area contributed by atoms with E-state index in [1.807, 2.05) is 97.1 Å². The van der Waals surface area contributed by atoms with Crippen LogP contribution in [0.4, 0.5) is 22.7 Å². The molecule has 2 amide bonds. The van der Waals surface area contributed by atoms with Crippen LogP contribution in [0.15, 0.2) is 104 Å². The van der Waals surface area contributed by atoms with Gasteiger partial charge in [0.1, 0.15) is 0 Å². The summed E-state index contributed by atoms with van der Waals surface area (Å²) in [6.45, 7) is 12.0. The second-order valence-electron chi connectivity index (χ2n) is 11.1. The third-order valence-electron chi connectivity index (χ3n) is 8.21. The highest BCUT2D eigenvalue weighted by Crippen LogP contribution is 2.25. The van der Waals surface area contributed by atoms with E-state index in [1.54, 1.807) is 0 Å². The van der Waals surface area contributed by atoms with E-state index in [4.69, 9.17) is 0 Å². The summed E-state index contributed by atoms with van der Waals surface area (Å²) in [4.78, 5) is 30.3. The molecule has 0 saturated carbocycles. The van der Waals surface area contributed by atoms with Crippen molar-refractivity contribution in [3.63, 3.8) is 0 Å². The summed E-state index contributed by atoms with van der Waals surface area (Å²) in [6, 6.07) is 30.9. The molecule has 8 heteroatoms. The first kappa shape index (κ1) is 29.2. The number of nitrogens with one attached hydrogen (secondary N) is 4. The van der Waals surface area contributed by atoms with E-state index in [2.05, 4.69) is 37.6 Å². The van der Waals surface area contributed by atoms with Crippen molar-refractivity contribution in [2.45, 2.75) is 0 Å². The summed E-state index contributed by atoms with van der Waals surface area (Å²) in [5.41, 5.74) is 7.71. The van der Waals surface area contributed by atoms with Crippen LogP contribution in [0.1, 0.15) is 31.8 Å². The van der Waals surface area contributed by atoms with Gasteiger partial charge in [0.25, 0.3) is 11.8 Å². The Hall–Kier alpha value is -4.92. The molecule has 0 spiro atoms. The van der Waals surface area contributed by atoms with Crippen molar-refractivity contribution in [1.82, 2.24) is 10.6 Å². The standard InChI is InChI=1S/C36H38N6O2/c1-26(27-2-10-31(11-3-27)39-35(43)29-6-14-33(15-7-29)41-22-18-37-19-23-41)28-4-12-32(13-5-28)40-36(44)30-8-16-34(17-9-30)42-24-20-38-21-25-42/h2-17,37-38H,1,18-25H2,(H,39,43)(H,40,44). The van der Waals surface area contributed by atoms with Gasteiger partial charge in [-0.05, 0) is 89.5 Å². The van der Waals surface area contributed by atoms with Gasteiger partial charge >= 0.3 is 0 Å². The van der Waals surface area contributed by atoms with Gasteiger partial charge in [0, 0.05) is 86.2 Å². The third kappa shape index (κ3) is 6.99. The van der Waals surface area contributed by atoms with Crippen LogP contribution in [-0.4, -0.2) is 64.2 Å². The van der Waals surface area contributed by atoms with Crippen molar-refractivity contribution in [1.29, 1.82) is 0 Å². The molecule has 2 aliphatic rings.